The Morgan fingerprint density at radius 2 is 1.88 bits per heavy atom. The van der Waals surface area contributed by atoms with Gasteiger partial charge in [0.15, 0.2) is 0 Å². The third kappa shape index (κ3) is 10.4. The van der Waals surface area contributed by atoms with Crippen LogP contribution in [0.5, 0.6) is 0 Å². The average molecular weight is 231 g/mol. The average Bonchev–Trinajstić information content (AvgIpc) is 2.28. The van der Waals surface area contributed by atoms with E-state index in [4.69, 9.17) is 9.47 Å². The van der Waals surface area contributed by atoms with Crippen LogP contribution in [0.2, 0.25) is 0 Å². The molecule has 98 valence electrons. The van der Waals surface area contributed by atoms with E-state index in [2.05, 4.69) is 25.7 Å². The van der Waals surface area contributed by atoms with Crippen LogP contribution in [-0.4, -0.2) is 51.5 Å². The molecule has 0 aromatic carbocycles. The Hall–Kier alpha value is -0.120. The van der Waals surface area contributed by atoms with Gasteiger partial charge in [-0.15, -0.1) is 0 Å². The summed E-state index contributed by atoms with van der Waals surface area (Å²) in [5.41, 5.74) is 0. The Bertz CT molecular complexity index is 134. The van der Waals surface area contributed by atoms with Gasteiger partial charge < -0.3 is 9.47 Å². The van der Waals surface area contributed by atoms with Crippen molar-refractivity contribution in [1.82, 2.24) is 4.90 Å². The number of hydrogen-bond acceptors (Lipinski definition) is 3. The molecular weight excluding hydrogens is 202 g/mol. The molecule has 1 saturated heterocycles. The van der Waals surface area contributed by atoms with Crippen molar-refractivity contribution in [3.05, 3.63) is 0 Å². The molecule has 3 nitrogen and oxygen atoms in total. The normalized spacial score (nSPS) is 17.1. The van der Waals surface area contributed by atoms with Gasteiger partial charge >= 0.3 is 0 Å². The molecule has 0 unspecified atom stereocenters. The van der Waals surface area contributed by atoms with Gasteiger partial charge in [-0.3, -0.25) is 4.90 Å². The first kappa shape index (κ1) is 15.9. The molecule has 3 heteroatoms. The van der Waals surface area contributed by atoms with Gasteiger partial charge in [0.1, 0.15) is 0 Å². The van der Waals surface area contributed by atoms with Crippen LogP contribution < -0.4 is 0 Å². The highest BCUT2D eigenvalue weighted by molar-refractivity contribution is 4.60. The second-order valence-electron chi connectivity index (χ2n) is 4.66. The second kappa shape index (κ2) is 11.4. The van der Waals surface area contributed by atoms with E-state index in [1.165, 1.54) is 19.4 Å². The van der Waals surface area contributed by atoms with Crippen LogP contribution in [-0.2, 0) is 9.47 Å². The molecule has 0 aromatic heterocycles. The van der Waals surface area contributed by atoms with E-state index in [1.807, 2.05) is 0 Å². The van der Waals surface area contributed by atoms with Gasteiger partial charge in [0.2, 0.25) is 0 Å². The Morgan fingerprint density at radius 3 is 2.25 bits per heavy atom. The molecule has 0 bridgehead atoms. The van der Waals surface area contributed by atoms with Crippen molar-refractivity contribution in [3.8, 4) is 0 Å². The molecule has 16 heavy (non-hydrogen) atoms. The van der Waals surface area contributed by atoms with Gasteiger partial charge in [-0.05, 0) is 18.9 Å². The minimum absolute atomic E-state index is 0.676. The molecule has 0 N–H and O–H groups in total. The van der Waals surface area contributed by atoms with Gasteiger partial charge in [-0.1, -0.05) is 27.2 Å². The first-order valence-corrected chi connectivity index (χ1v) is 6.49. The maximum absolute atomic E-state index is 5.24. The number of nitrogens with zero attached hydrogens (tertiary/aromatic N) is 1. The Balaban J connectivity index is 0.000000325. The van der Waals surface area contributed by atoms with Crippen molar-refractivity contribution in [2.45, 2.75) is 33.6 Å². The molecule has 0 radical (unpaired) electrons. The molecule has 0 saturated carbocycles. The smallest absolute Gasteiger partial charge is 0.0594 e. The fourth-order valence-electron chi connectivity index (χ4n) is 1.54. The topological polar surface area (TPSA) is 21.7 Å². The molecule has 1 rings (SSSR count). The zero-order chi connectivity index (χ0) is 12.2. The highest BCUT2D eigenvalue weighted by Gasteiger charge is 2.07. The summed E-state index contributed by atoms with van der Waals surface area (Å²) >= 11 is 0. The van der Waals surface area contributed by atoms with Gasteiger partial charge in [0, 0.05) is 26.8 Å². The first-order valence-electron chi connectivity index (χ1n) is 6.49. The summed E-state index contributed by atoms with van der Waals surface area (Å²) in [6.07, 6.45) is 2.64. The van der Waals surface area contributed by atoms with Crippen LogP contribution in [0.4, 0.5) is 0 Å². The van der Waals surface area contributed by atoms with Gasteiger partial charge in [0.25, 0.3) is 0 Å². The summed E-state index contributed by atoms with van der Waals surface area (Å²) in [4.78, 5) is 2.48. The number of rotatable bonds is 5. The lowest BCUT2D eigenvalue weighted by Gasteiger charge is -2.26. The summed E-state index contributed by atoms with van der Waals surface area (Å²) in [6, 6.07) is 0. The van der Waals surface area contributed by atoms with Crippen LogP contribution >= 0.6 is 0 Å². The Kier molecular flexibility index (Phi) is 11.3. The zero-order valence-corrected chi connectivity index (χ0v) is 11.5. The standard InChI is InChI=1S/C8H17NO.C5H12O/c1-2-3-4-9-5-7-10-8-6-9;1-5(2)4-6-3/h2-8H2,1H3;5H,4H2,1-3H3. The van der Waals surface area contributed by atoms with Crippen molar-refractivity contribution in [3.63, 3.8) is 0 Å². The number of morpholine rings is 1. The van der Waals surface area contributed by atoms with Crippen molar-refractivity contribution >= 4 is 0 Å². The summed E-state index contributed by atoms with van der Waals surface area (Å²) in [6.45, 7) is 12.8. The lowest BCUT2D eigenvalue weighted by Crippen LogP contribution is -2.36. The Morgan fingerprint density at radius 1 is 1.25 bits per heavy atom. The number of methoxy groups -OCH3 is 1. The molecule has 1 aliphatic rings. The molecule has 1 heterocycles. The van der Waals surface area contributed by atoms with Gasteiger partial charge in [0.05, 0.1) is 13.2 Å². The largest absolute Gasteiger partial charge is 0.384 e. The summed E-state index contributed by atoms with van der Waals surface area (Å²) in [5.74, 6) is 0.676. The molecule has 1 aliphatic heterocycles. The summed E-state index contributed by atoms with van der Waals surface area (Å²) in [7, 11) is 1.72. The van der Waals surface area contributed by atoms with E-state index >= 15 is 0 Å². The van der Waals surface area contributed by atoms with Crippen LogP contribution in [0.15, 0.2) is 0 Å². The lowest BCUT2D eigenvalue weighted by molar-refractivity contribution is 0.0373. The van der Waals surface area contributed by atoms with E-state index in [-0.39, 0.29) is 0 Å². The fraction of sp³-hybridized carbons (Fsp3) is 1.00. The lowest BCUT2D eigenvalue weighted by atomic mass is 10.2. The van der Waals surface area contributed by atoms with E-state index in [9.17, 15) is 0 Å². The molecule has 0 spiro atoms. The monoisotopic (exact) mass is 231 g/mol. The van der Waals surface area contributed by atoms with Gasteiger partial charge in [-0.25, -0.2) is 0 Å². The minimum atomic E-state index is 0.676. The van der Waals surface area contributed by atoms with Crippen molar-refractivity contribution in [2.75, 3.05) is 46.6 Å². The van der Waals surface area contributed by atoms with Crippen LogP contribution in [0, 0.1) is 5.92 Å². The number of hydrogen-bond donors (Lipinski definition) is 0. The first-order chi connectivity index (χ1) is 7.70. The minimum Gasteiger partial charge on any atom is -0.384 e. The molecule has 1 fully saturated rings. The highest BCUT2D eigenvalue weighted by atomic mass is 16.5. The van der Waals surface area contributed by atoms with E-state index in [0.717, 1.165) is 32.9 Å². The van der Waals surface area contributed by atoms with Crippen LogP contribution in [0.1, 0.15) is 33.6 Å². The quantitative estimate of drug-likeness (QED) is 0.725. The summed E-state index contributed by atoms with van der Waals surface area (Å²) < 4.78 is 10.0. The predicted molar refractivity (Wildman–Crippen MR) is 68.9 cm³/mol. The molecule has 0 amide bonds. The van der Waals surface area contributed by atoms with Crippen LogP contribution in [0.3, 0.4) is 0 Å². The predicted octanol–water partition coefficient (Wildman–Crippen LogP) is 2.41. The van der Waals surface area contributed by atoms with E-state index in [0.29, 0.717) is 5.92 Å². The fourth-order valence-corrected chi connectivity index (χ4v) is 1.54. The molecule has 0 aromatic rings. The highest BCUT2D eigenvalue weighted by Crippen LogP contribution is 1.98. The molecule has 0 atom stereocenters. The van der Waals surface area contributed by atoms with E-state index in [1.54, 1.807) is 7.11 Å². The second-order valence-corrected chi connectivity index (χ2v) is 4.66. The SMILES string of the molecule is CCCCN1CCOCC1.COCC(C)C. The van der Waals surface area contributed by atoms with Crippen LogP contribution in [0.25, 0.3) is 0 Å². The zero-order valence-electron chi connectivity index (χ0n) is 11.5. The van der Waals surface area contributed by atoms with E-state index < -0.39 is 0 Å². The third-order valence-electron chi connectivity index (χ3n) is 2.43. The molecule has 0 aliphatic carbocycles. The van der Waals surface area contributed by atoms with Gasteiger partial charge in [-0.2, -0.15) is 0 Å². The number of ether oxygens (including phenoxy) is 2. The summed E-state index contributed by atoms with van der Waals surface area (Å²) in [5, 5.41) is 0. The van der Waals surface area contributed by atoms with Crippen molar-refractivity contribution in [1.29, 1.82) is 0 Å². The van der Waals surface area contributed by atoms with Crippen molar-refractivity contribution < 1.29 is 9.47 Å². The maximum atomic E-state index is 5.24. The van der Waals surface area contributed by atoms with Crippen molar-refractivity contribution in [2.24, 2.45) is 5.92 Å². The third-order valence-corrected chi connectivity index (χ3v) is 2.43. The number of unbranched alkanes of at least 4 members (excludes halogenated alkanes) is 1. The molecular formula is C13H29NO2. The maximum Gasteiger partial charge on any atom is 0.0594 e. The Labute approximate surface area is 101 Å².